The van der Waals surface area contributed by atoms with Crippen molar-refractivity contribution in [3.8, 4) is 0 Å². The van der Waals surface area contributed by atoms with Gasteiger partial charge in [0.25, 0.3) is 0 Å². The number of rotatable bonds is 26. The van der Waals surface area contributed by atoms with E-state index < -0.39 is 12.2 Å². The van der Waals surface area contributed by atoms with Gasteiger partial charge in [0.15, 0.2) is 0 Å². The van der Waals surface area contributed by atoms with E-state index in [0.29, 0.717) is 0 Å². The predicted octanol–water partition coefficient (Wildman–Crippen LogP) is 8.09. The van der Waals surface area contributed by atoms with Crippen molar-refractivity contribution in [3.63, 3.8) is 0 Å². The minimum Gasteiger partial charge on any atom is -0.455 e. The minimum atomic E-state index is -0.459. The second kappa shape index (κ2) is 22.6. The van der Waals surface area contributed by atoms with Crippen LogP contribution in [0.15, 0.2) is 11.6 Å². The summed E-state index contributed by atoms with van der Waals surface area (Å²) in [6.45, 7) is 4.15. The first kappa shape index (κ1) is 36.2. The van der Waals surface area contributed by atoms with Crippen molar-refractivity contribution in [2.24, 2.45) is 0 Å². The molecule has 0 amide bonds. The summed E-state index contributed by atoms with van der Waals surface area (Å²) < 4.78 is 11.2. The van der Waals surface area contributed by atoms with Gasteiger partial charge >= 0.3 is 5.97 Å². The molecule has 0 bridgehead atoms. The number of carbonyl (C=O) groups is 1. The average Bonchev–Trinajstić information content (AvgIpc) is 3.57. The molecule has 2 heterocycles. The monoisotopic (exact) mass is 580 g/mol. The Morgan fingerprint density at radius 2 is 1.12 bits per heavy atom. The molecule has 2 aliphatic heterocycles. The maximum atomic E-state index is 11.6. The van der Waals surface area contributed by atoms with Crippen molar-refractivity contribution in [3.05, 3.63) is 11.6 Å². The molecule has 2 rings (SSSR count). The zero-order valence-corrected chi connectivity index (χ0v) is 26.6. The van der Waals surface area contributed by atoms with Gasteiger partial charge in [0.05, 0.1) is 30.5 Å². The van der Waals surface area contributed by atoms with Crippen LogP contribution in [0.25, 0.3) is 0 Å². The smallest absolute Gasteiger partial charge is 0.334 e. The first-order valence-corrected chi connectivity index (χ1v) is 17.5. The standard InChI is InChI=1S/C35H64O6/c1-3-4-5-6-7-8-9-10-11-18-23-31(37)33-25-26-34(41-33)32(38)24-19-14-17-22-30(36)21-16-13-12-15-20-29-27-28(2)40-35(29)39/h27-28,30-34,36-38H,3-26H2,1-2H3/t28-,30-,31+,32-,33+,34-/m1/s1. The molecular formula is C35H64O6. The predicted molar refractivity (Wildman–Crippen MR) is 167 cm³/mol. The Morgan fingerprint density at radius 1 is 0.683 bits per heavy atom. The van der Waals surface area contributed by atoms with E-state index in [9.17, 15) is 20.1 Å². The molecule has 3 N–H and O–H groups in total. The number of esters is 1. The van der Waals surface area contributed by atoms with Gasteiger partial charge in [0.1, 0.15) is 6.10 Å². The van der Waals surface area contributed by atoms with Crippen LogP contribution < -0.4 is 0 Å². The van der Waals surface area contributed by atoms with Gasteiger partial charge in [-0.05, 0) is 64.4 Å². The summed E-state index contributed by atoms with van der Waals surface area (Å²) in [5.74, 6) is -0.158. The molecule has 0 radical (unpaired) electrons. The number of hydrogen-bond donors (Lipinski definition) is 3. The van der Waals surface area contributed by atoms with Crippen LogP contribution in [0.3, 0.4) is 0 Å². The number of cyclic esters (lactones) is 1. The summed E-state index contributed by atoms with van der Waals surface area (Å²) in [5, 5.41) is 31.5. The molecule has 41 heavy (non-hydrogen) atoms. The summed E-state index contributed by atoms with van der Waals surface area (Å²) in [4.78, 5) is 11.6. The van der Waals surface area contributed by atoms with Crippen LogP contribution in [-0.2, 0) is 14.3 Å². The van der Waals surface area contributed by atoms with Gasteiger partial charge in [-0.25, -0.2) is 4.79 Å². The lowest BCUT2D eigenvalue weighted by Gasteiger charge is -2.22. The van der Waals surface area contributed by atoms with Crippen molar-refractivity contribution in [1.82, 2.24) is 0 Å². The third-order valence-corrected chi connectivity index (χ3v) is 9.06. The van der Waals surface area contributed by atoms with Gasteiger partial charge in [-0.2, -0.15) is 0 Å². The first-order chi connectivity index (χ1) is 19.9. The van der Waals surface area contributed by atoms with Gasteiger partial charge < -0.3 is 24.8 Å². The minimum absolute atomic E-state index is 0.0812. The molecule has 6 atom stereocenters. The maximum absolute atomic E-state index is 11.6. The lowest BCUT2D eigenvalue weighted by Crippen LogP contribution is -2.31. The fourth-order valence-electron chi connectivity index (χ4n) is 6.39. The van der Waals surface area contributed by atoms with E-state index in [1.807, 2.05) is 13.0 Å². The Labute approximate surface area is 251 Å². The highest BCUT2D eigenvalue weighted by Crippen LogP contribution is 2.28. The number of hydrogen-bond acceptors (Lipinski definition) is 6. The normalized spacial score (nSPS) is 23.0. The fraction of sp³-hybridized carbons (Fsp3) is 0.914. The van der Waals surface area contributed by atoms with Crippen LogP contribution in [0.1, 0.15) is 168 Å². The van der Waals surface area contributed by atoms with Crippen LogP contribution in [-0.4, -0.2) is 57.9 Å². The van der Waals surface area contributed by atoms with Gasteiger partial charge in [0, 0.05) is 5.57 Å². The maximum Gasteiger partial charge on any atom is 0.334 e. The highest BCUT2D eigenvalue weighted by Gasteiger charge is 2.34. The molecule has 0 aromatic heterocycles. The van der Waals surface area contributed by atoms with E-state index in [4.69, 9.17) is 9.47 Å². The average molecular weight is 581 g/mol. The number of ether oxygens (including phenoxy) is 2. The number of aliphatic hydroxyl groups is 3. The molecule has 0 spiro atoms. The molecule has 6 nitrogen and oxygen atoms in total. The lowest BCUT2D eigenvalue weighted by molar-refractivity contribution is -0.139. The summed E-state index contributed by atoms with van der Waals surface area (Å²) in [7, 11) is 0. The second-order valence-electron chi connectivity index (χ2n) is 12.9. The van der Waals surface area contributed by atoms with E-state index in [0.717, 1.165) is 102 Å². The molecule has 240 valence electrons. The molecule has 0 aromatic rings. The van der Waals surface area contributed by atoms with Crippen molar-refractivity contribution in [2.45, 2.75) is 205 Å². The third kappa shape index (κ3) is 16.5. The van der Waals surface area contributed by atoms with E-state index in [2.05, 4.69) is 6.92 Å². The number of aliphatic hydroxyl groups excluding tert-OH is 3. The highest BCUT2D eigenvalue weighted by molar-refractivity contribution is 5.90. The fourth-order valence-corrected chi connectivity index (χ4v) is 6.39. The van der Waals surface area contributed by atoms with Crippen molar-refractivity contribution in [2.75, 3.05) is 0 Å². The highest BCUT2D eigenvalue weighted by atomic mass is 16.5. The van der Waals surface area contributed by atoms with E-state index in [1.54, 1.807) is 0 Å². The molecule has 0 saturated carbocycles. The number of unbranched alkanes of at least 4 members (excludes halogenated alkanes) is 14. The summed E-state index contributed by atoms with van der Waals surface area (Å²) in [6, 6.07) is 0. The van der Waals surface area contributed by atoms with Crippen LogP contribution in [0.4, 0.5) is 0 Å². The summed E-state index contributed by atoms with van der Waals surface area (Å²) in [5.41, 5.74) is 0.819. The Hall–Kier alpha value is -0.950. The van der Waals surface area contributed by atoms with E-state index in [1.165, 1.54) is 57.8 Å². The van der Waals surface area contributed by atoms with E-state index in [-0.39, 0.29) is 30.4 Å². The van der Waals surface area contributed by atoms with Crippen LogP contribution >= 0.6 is 0 Å². The zero-order chi connectivity index (χ0) is 29.7. The largest absolute Gasteiger partial charge is 0.455 e. The van der Waals surface area contributed by atoms with Crippen molar-refractivity contribution in [1.29, 1.82) is 0 Å². The number of carbonyl (C=O) groups excluding carboxylic acids is 1. The molecular weight excluding hydrogens is 516 g/mol. The van der Waals surface area contributed by atoms with Gasteiger partial charge in [-0.1, -0.05) is 110 Å². The topological polar surface area (TPSA) is 96.2 Å². The molecule has 0 unspecified atom stereocenters. The molecule has 2 aliphatic rings. The van der Waals surface area contributed by atoms with Crippen molar-refractivity contribution >= 4 is 5.97 Å². The van der Waals surface area contributed by atoms with Crippen LogP contribution in [0.5, 0.6) is 0 Å². The van der Waals surface area contributed by atoms with Crippen molar-refractivity contribution < 1.29 is 29.6 Å². The molecule has 6 heteroatoms. The van der Waals surface area contributed by atoms with Crippen LogP contribution in [0.2, 0.25) is 0 Å². The van der Waals surface area contributed by atoms with E-state index >= 15 is 0 Å². The SMILES string of the molecule is CCCCCCCCCCCC[C@H](O)[C@@H]1CC[C@H]([C@H](O)CCCCC[C@H](O)CCCCCCC2=C[C@@H](C)OC2=O)O1. The Bertz CT molecular complexity index is 694. The van der Waals surface area contributed by atoms with Gasteiger partial charge in [-0.3, -0.25) is 0 Å². The lowest BCUT2D eigenvalue weighted by atomic mass is 9.99. The quantitative estimate of drug-likeness (QED) is 0.0707. The first-order valence-electron chi connectivity index (χ1n) is 17.5. The summed E-state index contributed by atoms with van der Waals surface area (Å²) in [6.07, 6.45) is 26.2. The molecule has 1 fully saturated rings. The van der Waals surface area contributed by atoms with Crippen LogP contribution in [0, 0.1) is 0 Å². The summed E-state index contributed by atoms with van der Waals surface area (Å²) >= 11 is 0. The Kier molecular flexibility index (Phi) is 20.0. The Morgan fingerprint density at radius 3 is 1.61 bits per heavy atom. The van der Waals surface area contributed by atoms with Gasteiger partial charge in [-0.15, -0.1) is 0 Å². The molecule has 0 aliphatic carbocycles. The van der Waals surface area contributed by atoms with Gasteiger partial charge in [0.2, 0.25) is 0 Å². The Balaban J connectivity index is 1.39. The molecule has 0 aromatic carbocycles. The third-order valence-electron chi connectivity index (χ3n) is 9.06. The second-order valence-corrected chi connectivity index (χ2v) is 12.9. The molecule has 1 saturated heterocycles. The zero-order valence-electron chi connectivity index (χ0n) is 26.6.